The first kappa shape index (κ1) is 14.8. The molecule has 118 valence electrons. The van der Waals surface area contributed by atoms with Crippen LogP contribution in [-0.2, 0) is 14.3 Å². The van der Waals surface area contributed by atoms with E-state index >= 15 is 0 Å². The third-order valence-electron chi connectivity index (χ3n) is 4.91. The van der Waals surface area contributed by atoms with Crippen molar-refractivity contribution in [1.29, 1.82) is 0 Å². The largest absolute Gasteiger partial charge is 0.456 e. The Morgan fingerprint density at radius 2 is 2.04 bits per heavy atom. The number of ketones is 1. The number of benzene rings is 1. The molecule has 0 N–H and O–H groups in total. The second kappa shape index (κ2) is 5.41. The molecule has 3 aliphatic rings. The number of rotatable bonds is 1. The van der Waals surface area contributed by atoms with Gasteiger partial charge in [-0.2, -0.15) is 0 Å². The molecule has 0 aromatic heterocycles. The van der Waals surface area contributed by atoms with E-state index in [1.165, 1.54) is 0 Å². The number of carbonyl (C=O) groups is 2. The maximum absolute atomic E-state index is 12.6. The van der Waals surface area contributed by atoms with Gasteiger partial charge in [-0.1, -0.05) is 28.1 Å². The van der Waals surface area contributed by atoms with Crippen LogP contribution in [0.2, 0.25) is 0 Å². The van der Waals surface area contributed by atoms with Crippen LogP contribution in [-0.4, -0.2) is 24.1 Å². The first-order valence-electron chi connectivity index (χ1n) is 7.82. The molecule has 2 heterocycles. The Balaban J connectivity index is 1.89. The average Bonchev–Trinajstić information content (AvgIpc) is 2.90. The molecule has 0 radical (unpaired) electrons. The van der Waals surface area contributed by atoms with Gasteiger partial charge in [0.2, 0.25) is 0 Å². The summed E-state index contributed by atoms with van der Waals surface area (Å²) in [5, 5.41) is 0. The van der Waals surface area contributed by atoms with Crippen LogP contribution in [0.1, 0.15) is 36.3 Å². The molecule has 0 amide bonds. The van der Waals surface area contributed by atoms with E-state index in [-0.39, 0.29) is 30.2 Å². The molecule has 0 spiro atoms. The van der Waals surface area contributed by atoms with Gasteiger partial charge in [0.15, 0.2) is 0 Å². The summed E-state index contributed by atoms with van der Waals surface area (Å²) >= 11 is 3.56. The van der Waals surface area contributed by atoms with Gasteiger partial charge in [-0.25, -0.2) is 4.79 Å². The molecular weight excluding hydrogens is 358 g/mol. The van der Waals surface area contributed by atoms with Gasteiger partial charge in [0, 0.05) is 22.5 Å². The summed E-state index contributed by atoms with van der Waals surface area (Å²) < 4.78 is 6.19. The zero-order valence-corrected chi connectivity index (χ0v) is 14.4. The minimum atomic E-state index is -0.331. The Kier molecular flexibility index (Phi) is 3.48. The van der Waals surface area contributed by atoms with E-state index in [0.29, 0.717) is 17.7 Å². The monoisotopic (exact) mass is 373 g/mol. The number of halogens is 1. The Morgan fingerprint density at radius 3 is 2.83 bits per heavy atom. The number of nitrogens with zero attached hydrogens (tertiary/aromatic N) is 1. The van der Waals surface area contributed by atoms with Crippen molar-refractivity contribution in [2.75, 3.05) is 6.61 Å². The van der Waals surface area contributed by atoms with Crippen LogP contribution in [0.5, 0.6) is 0 Å². The molecule has 0 bridgehead atoms. The van der Waals surface area contributed by atoms with Gasteiger partial charge in [0.1, 0.15) is 12.4 Å². The maximum atomic E-state index is 12.6. The highest BCUT2D eigenvalue weighted by molar-refractivity contribution is 9.10. The lowest BCUT2D eigenvalue weighted by Gasteiger charge is -2.34. The molecule has 4 rings (SSSR count). The molecule has 2 atom stereocenters. The van der Waals surface area contributed by atoms with Crippen LogP contribution in [0, 0.1) is 12.8 Å². The van der Waals surface area contributed by atoms with Gasteiger partial charge in [0.05, 0.1) is 17.2 Å². The number of hydrogen-bond donors (Lipinski definition) is 0. The Morgan fingerprint density at radius 1 is 1.22 bits per heavy atom. The van der Waals surface area contributed by atoms with Crippen molar-refractivity contribution in [2.45, 2.75) is 32.1 Å². The lowest BCUT2D eigenvalue weighted by Crippen LogP contribution is -2.38. The number of ether oxygens (including phenoxy) is 1. The molecule has 1 fully saturated rings. The third-order valence-corrected chi connectivity index (χ3v) is 5.77. The van der Waals surface area contributed by atoms with Gasteiger partial charge in [-0.05, 0) is 37.0 Å². The summed E-state index contributed by atoms with van der Waals surface area (Å²) in [5.74, 6) is -0.731. The van der Waals surface area contributed by atoms with E-state index in [1.54, 1.807) is 0 Å². The second-order valence-electron chi connectivity index (χ2n) is 6.32. The van der Waals surface area contributed by atoms with E-state index in [1.807, 2.05) is 25.1 Å². The first-order chi connectivity index (χ1) is 11.1. The van der Waals surface area contributed by atoms with Crippen LogP contribution < -0.4 is 0 Å². The number of carbonyl (C=O) groups excluding carboxylic acids is 2. The fourth-order valence-electron chi connectivity index (χ4n) is 3.75. The van der Waals surface area contributed by atoms with Crippen molar-refractivity contribution in [3.05, 3.63) is 45.1 Å². The van der Waals surface area contributed by atoms with Crippen LogP contribution in [0.15, 0.2) is 38.9 Å². The Hall–Kier alpha value is -1.75. The van der Waals surface area contributed by atoms with Crippen molar-refractivity contribution in [3.63, 3.8) is 0 Å². The Bertz CT molecular complexity index is 793. The number of aryl methyl sites for hydroxylation is 1. The Labute approximate surface area is 142 Å². The number of esters is 1. The summed E-state index contributed by atoms with van der Waals surface area (Å²) in [4.78, 5) is 29.4. The number of Topliss-reactive ketones (excluding diaryl/α,β-unsaturated/α-hetero) is 1. The molecule has 23 heavy (non-hydrogen) atoms. The highest BCUT2D eigenvalue weighted by Crippen LogP contribution is 2.45. The smallest absolute Gasteiger partial charge is 0.337 e. The van der Waals surface area contributed by atoms with Crippen molar-refractivity contribution < 1.29 is 14.3 Å². The van der Waals surface area contributed by atoms with Crippen molar-refractivity contribution in [2.24, 2.45) is 10.9 Å². The van der Waals surface area contributed by atoms with Crippen LogP contribution in [0.4, 0.5) is 0 Å². The predicted molar refractivity (Wildman–Crippen MR) is 89.4 cm³/mol. The minimum absolute atomic E-state index is 0.183. The highest BCUT2D eigenvalue weighted by atomic mass is 79.9. The quantitative estimate of drug-likeness (QED) is 0.708. The number of aliphatic imine (C=N–C) groups is 1. The molecule has 4 nitrogen and oxygen atoms in total. The lowest BCUT2D eigenvalue weighted by atomic mass is 9.69. The topological polar surface area (TPSA) is 55.7 Å². The highest BCUT2D eigenvalue weighted by Gasteiger charge is 2.46. The molecule has 1 aliphatic carbocycles. The number of hydrogen-bond acceptors (Lipinski definition) is 4. The fourth-order valence-corrected chi connectivity index (χ4v) is 4.15. The van der Waals surface area contributed by atoms with E-state index in [0.717, 1.165) is 34.2 Å². The van der Waals surface area contributed by atoms with Gasteiger partial charge >= 0.3 is 5.97 Å². The van der Waals surface area contributed by atoms with E-state index in [9.17, 15) is 9.59 Å². The van der Waals surface area contributed by atoms with Crippen LogP contribution >= 0.6 is 15.9 Å². The molecule has 5 heteroatoms. The van der Waals surface area contributed by atoms with Crippen molar-refractivity contribution in [1.82, 2.24) is 0 Å². The summed E-state index contributed by atoms with van der Waals surface area (Å²) in [6, 6.07) is 6.03. The molecule has 1 saturated carbocycles. The summed E-state index contributed by atoms with van der Waals surface area (Å²) in [6.45, 7) is 2.24. The van der Waals surface area contributed by atoms with Crippen LogP contribution in [0.3, 0.4) is 0 Å². The second-order valence-corrected chi connectivity index (χ2v) is 7.18. The van der Waals surface area contributed by atoms with E-state index < -0.39 is 0 Å². The molecule has 1 aromatic rings. The first-order valence-corrected chi connectivity index (χ1v) is 8.62. The summed E-state index contributed by atoms with van der Waals surface area (Å²) in [5.41, 5.74) is 4.29. The molecule has 0 saturated heterocycles. The van der Waals surface area contributed by atoms with Crippen molar-refractivity contribution >= 4 is 33.4 Å². The van der Waals surface area contributed by atoms with E-state index in [4.69, 9.17) is 4.74 Å². The summed E-state index contributed by atoms with van der Waals surface area (Å²) in [7, 11) is 0. The fraction of sp³-hybridized carbons (Fsp3) is 0.389. The SMILES string of the molecule is Cc1ccc(C2C3=C(COC3=O)N=C3CCCC(=O)C32)cc1Br. The maximum Gasteiger partial charge on any atom is 0.337 e. The third kappa shape index (κ3) is 2.29. The number of fused-ring (bicyclic) bond motifs is 1. The average molecular weight is 374 g/mol. The zero-order chi connectivity index (χ0) is 16.1. The normalized spacial score (nSPS) is 26.6. The molecular formula is C18H16BrNO3. The van der Waals surface area contributed by atoms with Crippen LogP contribution in [0.25, 0.3) is 0 Å². The van der Waals surface area contributed by atoms with Gasteiger partial charge in [-0.3, -0.25) is 9.79 Å². The van der Waals surface area contributed by atoms with E-state index in [2.05, 4.69) is 20.9 Å². The van der Waals surface area contributed by atoms with Crippen molar-refractivity contribution in [3.8, 4) is 0 Å². The lowest BCUT2D eigenvalue weighted by molar-refractivity contribution is -0.136. The van der Waals surface area contributed by atoms with Gasteiger partial charge in [0.25, 0.3) is 0 Å². The zero-order valence-electron chi connectivity index (χ0n) is 12.8. The standard InChI is InChI=1S/C18H16BrNO3/c1-9-5-6-10(7-11(9)19)15-16-12(3-2-4-14(16)21)20-13-8-23-18(22)17(13)15/h5-7,15-16H,2-4,8H2,1H3. The molecule has 2 unspecified atom stereocenters. The van der Waals surface area contributed by atoms with Gasteiger partial charge < -0.3 is 4.74 Å². The minimum Gasteiger partial charge on any atom is -0.456 e. The molecule has 1 aromatic carbocycles. The summed E-state index contributed by atoms with van der Waals surface area (Å²) in [6.07, 6.45) is 2.23. The molecule has 2 aliphatic heterocycles. The number of cyclic esters (lactones) is 1. The van der Waals surface area contributed by atoms with Gasteiger partial charge in [-0.15, -0.1) is 0 Å². The predicted octanol–water partition coefficient (Wildman–Crippen LogP) is 3.48.